The molecular weight excluding hydrogens is 865 g/mol. The molecule has 338 valence electrons. The smallest absolute Gasteiger partial charge is 0.135 e. The summed E-state index contributed by atoms with van der Waals surface area (Å²) in [5.74, 6) is -5.69. The van der Waals surface area contributed by atoms with E-state index in [2.05, 4.69) is 0 Å². The Labute approximate surface area is 388 Å². The predicted octanol–water partition coefficient (Wildman–Crippen LogP) is 10.4. The summed E-state index contributed by atoms with van der Waals surface area (Å²) in [7, 11) is 0. The minimum absolute atomic E-state index is 0.0182. The fourth-order valence-electron chi connectivity index (χ4n) is 12.0. The second kappa shape index (κ2) is 14.9. The van der Waals surface area contributed by atoms with Crippen molar-refractivity contribution in [1.29, 1.82) is 0 Å². The molecule has 0 saturated heterocycles. The Kier molecular flexibility index (Phi) is 8.97. The maximum Gasteiger partial charge on any atom is 0.135 e. The molecule has 12 rings (SSSR count). The molecule has 0 saturated carbocycles. The second-order valence-corrected chi connectivity index (χ2v) is 18.2. The topological polar surface area (TPSA) is 221 Å². The first-order valence-electron chi connectivity index (χ1n) is 22.2. The number of aromatic hydroxyl groups is 10. The SMILES string of the molecule is Oc1ccc([C@@H]2c3c(O)cc(O)cc3[C@@H]3c4c(cc(O)cc4[C@H]2[C@@H]2c4cc(O)cc5c4[C@@H](c4cc(O)cc(O)c4[C@@H]2c2ccc(O)cc2)[C@H](c2ccc(O)cc2)O5)O[C@H]3c2ccc(O)cc2)cc1. The standard InChI is InChI=1S/C56H42O12/c57-29-9-1-25(2-10-29)45-47-37(17-33(61)21-41(47)65)53-49-39(19-35(63)23-43(49)67-55(53)27-5-13-31(59)14-6-27)51(45)52-40-20-36(64)24-44-50(40)54(56(68-44)28-7-15-32(60)16-8-28)38-18-34(62)22-42(66)48(38)46(52)26-3-11-30(58)12-4-26/h1-24,45-46,51-66H/t45-,46+,51-,52-,53-,54-,55+,56+/m1/s1. The molecule has 10 N–H and O–H groups in total. The van der Waals surface area contributed by atoms with Gasteiger partial charge in [0.2, 0.25) is 0 Å². The van der Waals surface area contributed by atoms with Crippen LogP contribution in [0.3, 0.4) is 0 Å². The van der Waals surface area contributed by atoms with Crippen molar-refractivity contribution in [3.8, 4) is 69.0 Å². The third-order valence-corrected chi connectivity index (χ3v) is 14.5. The molecule has 0 radical (unpaired) electrons. The van der Waals surface area contributed by atoms with Gasteiger partial charge >= 0.3 is 0 Å². The lowest BCUT2D eigenvalue weighted by Gasteiger charge is -2.40. The molecule has 4 aliphatic rings. The summed E-state index contributed by atoms with van der Waals surface area (Å²) < 4.78 is 13.7. The zero-order chi connectivity index (χ0) is 46.9. The van der Waals surface area contributed by atoms with Gasteiger partial charge in [0, 0.05) is 70.2 Å². The number of ether oxygens (including phenoxy) is 2. The van der Waals surface area contributed by atoms with E-state index in [1.54, 1.807) is 121 Å². The average molecular weight is 907 g/mol. The van der Waals surface area contributed by atoms with Crippen LogP contribution in [0, 0.1) is 0 Å². The van der Waals surface area contributed by atoms with Gasteiger partial charge in [-0.2, -0.15) is 0 Å². The molecule has 0 fully saturated rings. The van der Waals surface area contributed by atoms with Crippen LogP contribution in [0.4, 0.5) is 0 Å². The van der Waals surface area contributed by atoms with Gasteiger partial charge in [-0.3, -0.25) is 0 Å². The Balaban J connectivity index is 1.25. The number of hydrogen-bond acceptors (Lipinski definition) is 12. The summed E-state index contributed by atoms with van der Waals surface area (Å²) in [6.07, 6.45) is -1.62. The summed E-state index contributed by atoms with van der Waals surface area (Å²) >= 11 is 0. The fourth-order valence-corrected chi connectivity index (χ4v) is 12.0. The van der Waals surface area contributed by atoms with E-state index >= 15 is 0 Å². The molecule has 0 aromatic heterocycles. The highest BCUT2D eigenvalue weighted by Crippen LogP contribution is 2.69. The zero-order valence-electron chi connectivity index (χ0n) is 35.8. The number of phenols is 10. The normalized spacial score (nSPS) is 22.6. The molecule has 68 heavy (non-hydrogen) atoms. The molecule has 8 atom stereocenters. The van der Waals surface area contributed by atoms with E-state index in [0.717, 1.165) is 0 Å². The highest BCUT2D eigenvalue weighted by atomic mass is 16.5. The highest BCUT2D eigenvalue weighted by molar-refractivity contribution is 5.71. The quantitative estimate of drug-likeness (QED) is 0.0780. The molecule has 12 nitrogen and oxygen atoms in total. The molecule has 0 spiro atoms. The maximum absolute atomic E-state index is 12.5. The van der Waals surface area contributed by atoms with Gasteiger partial charge in [-0.1, -0.05) is 48.5 Å². The third-order valence-electron chi connectivity index (χ3n) is 14.5. The Bertz CT molecular complexity index is 3110. The van der Waals surface area contributed by atoms with Crippen LogP contribution < -0.4 is 9.47 Å². The molecule has 8 aromatic rings. The van der Waals surface area contributed by atoms with Gasteiger partial charge in [-0.25, -0.2) is 0 Å². The van der Waals surface area contributed by atoms with Crippen LogP contribution in [0.1, 0.15) is 114 Å². The van der Waals surface area contributed by atoms with Crippen LogP contribution >= 0.6 is 0 Å². The molecule has 2 aliphatic heterocycles. The van der Waals surface area contributed by atoms with Crippen molar-refractivity contribution in [1.82, 2.24) is 0 Å². The molecule has 12 heteroatoms. The number of phenolic OH excluding ortho intramolecular Hbond substituents is 10. The summed E-state index contributed by atoms with van der Waals surface area (Å²) in [6, 6.07) is 38.4. The van der Waals surface area contributed by atoms with Crippen LogP contribution in [0.5, 0.6) is 69.0 Å². The van der Waals surface area contributed by atoms with Gasteiger partial charge < -0.3 is 60.5 Å². The Morgan fingerprint density at radius 3 is 0.897 bits per heavy atom. The van der Waals surface area contributed by atoms with Gasteiger partial charge in [0.15, 0.2) is 0 Å². The Morgan fingerprint density at radius 2 is 0.559 bits per heavy atom. The van der Waals surface area contributed by atoms with E-state index in [0.29, 0.717) is 78.3 Å². The molecule has 2 heterocycles. The number of hydrogen-bond donors (Lipinski definition) is 10. The van der Waals surface area contributed by atoms with Crippen molar-refractivity contribution in [3.05, 3.63) is 212 Å². The van der Waals surface area contributed by atoms with E-state index in [4.69, 9.17) is 9.47 Å². The third kappa shape index (κ3) is 6.20. The van der Waals surface area contributed by atoms with Crippen molar-refractivity contribution in [2.24, 2.45) is 0 Å². The summed E-state index contributed by atoms with van der Waals surface area (Å²) in [6.45, 7) is 0. The van der Waals surface area contributed by atoms with Crippen molar-refractivity contribution in [3.63, 3.8) is 0 Å². The first-order valence-corrected chi connectivity index (χ1v) is 22.2. The van der Waals surface area contributed by atoms with Gasteiger partial charge in [0.25, 0.3) is 0 Å². The Hall–Kier alpha value is -8.64. The summed E-state index contributed by atoms with van der Waals surface area (Å²) in [5, 5.41) is 114. The second-order valence-electron chi connectivity index (χ2n) is 18.2. The highest BCUT2D eigenvalue weighted by Gasteiger charge is 2.55. The average Bonchev–Trinajstić information content (AvgIpc) is 3.81. The lowest BCUT2D eigenvalue weighted by atomic mass is 9.62. The van der Waals surface area contributed by atoms with Crippen LogP contribution in [-0.2, 0) is 0 Å². The Morgan fingerprint density at radius 1 is 0.265 bits per heavy atom. The van der Waals surface area contributed by atoms with Gasteiger partial charge in [0.05, 0.1) is 11.8 Å². The van der Waals surface area contributed by atoms with E-state index in [-0.39, 0.29) is 57.5 Å². The molecule has 0 amide bonds. The van der Waals surface area contributed by atoms with E-state index in [9.17, 15) is 51.1 Å². The molecular formula is C56H42O12. The van der Waals surface area contributed by atoms with Gasteiger partial charge in [0.1, 0.15) is 81.2 Å². The number of benzene rings is 8. The van der Waals surface area contributed by atoms with Crippen molar-refractivity contribution in [2.75, 3.05) is 0 Å². The minimum Gasteiger partial charge on any atom is -0.508 e. The predicted molar refractivity (Wildman–Crippen MR) is 248 cm³/mol. The van der Waals surface area contributed by atoms with Crippen LogP contribution in [0.25, 0.3) is 0 Å². The lowest BCUT2D eigenvalue weighted by molar-refractivity contribution is 0.221. The summed E-state index contributed by atoms with van der Waals surface area (Å²) in [5.41, 5.74) is 6.75. The first-order chi connectivity index (χ1) is 32.8. The molecule has 0 bridgehead atoms. The van der Waals surface area contributed by atoms with E-state index < -0.39 is 47.7 Å². The number of fused-ring (bicyclic) bond motifs is 4. The largest absolute Gasteiger partial charge is 0.508 e. The first kappa shape index (κ1) is 40.8. The van der Waals surface area contributed by atoms with Crippen molar-refractivity contribution >= 4 is 0 Å². The summed E-state index contributed by atoms with van der Waals surface area (Å²) in [4.78, 5) is 0. The number of rotatable bonds is 5. The van der Waals surface area contributed by atoms with Crippen molar-refractivity contribution in [2.45, 2.75) is 47.7 Å². The molecule has 0 unspecified atom stereocenters. The van der Waals surface area contributed by atoms with E-state index in [1.807, 2.05) is 0 Å². The zero-order valence-corrected chi connectivity index (χ0v) is 35.8. The molecule has 8 aromatic carbocycles. The van der Waals surface area contributed by atoms with Gasteiger partial charge in [-0.05, 0) is 117 Å². The van der Waals surface area contributed by atoms with Crippen LogP contribution in [0.2, 0.25) is 0 Å². The monoisotopic (exact) mass is 906 g/mol. The lowest BCUT2D eigenvalue weighted by Crippen LogP contribution is -2.26. The van der Waals surface area contributed by atoms with E-state index in [1.165, 1.54) is 24.3 Å². The van der Waals surface area contributed by atoms with Crippen molar-refractivity contribution < 1.29 is 60.5 Å². The fraction of sp³-hybridized carbons (Fsp3) is 0.143. The van der Waals surface area contributed by atoms with Crippen LogP contribution in [-0.4, -0.2) is 51.1 Å². The van der Waals surface area contributed by atoms with Gasteiger partial charge in [-0.15, -0.1) is 0 Å². The molecule has 2 aliphatic carbocycles. The van der Waals surface area contributed by atoms with Crippen LogP contribution in [0.15, 0.2) is 146 Å². The maximum atomic E-state index is 12.5. The minimum atomic E-state index is -0.918.